The second-order valence-electron chi connectivity index (χ2n) is 4.95. The number of hydrogen-bond donors (Lipinski definition) is 0. The number of ketones is 1. The summed E-state index contributed by atoms with van der Waals surface area (Å²) in [5, 5.41) is 1.76. The molecule has 1 nitrogen and oxygen atoms in total. The predicted molar refractivity (Wildman–Crippen MR) is 86.2 cm³/mol. The number of carbonyl (C=O) groups is 1. The lowest BCUT2D eigenvalue weighted by Crippen LogP contribution is -2.05. The van der Waals surface area contributed by atoms with Crippen molar-refractivity contribution in [1.82, 2.24) is 0 Å². The molecule has 3 rings (SSSR count). The van der Waals surface area contributed by atoms with E-state index in [1.54, 1.807) is 18.2 Å². The predicted octanol–water partition coefficient (Wildman–Crippen LogP) is 5.28. The number of halogens is 2. The molecule has 0 aliphatic heterocycles. The summed E-state index contributed by atoms with van der Waals surface area (Å²) in [5.41, 5.74) is 1.49. The molecule has 0 aromatic heterocycles. The van der Waals surface area contributed by atoms with Crippen LogP contribution < -0.4 is 0 Å². The minimum atomic E-state index is -0.488. The first-order valence-electron chi connectivity index (χ1n) is 6.56. The van der Waals surface area contributed by atoms with Gasteiger partial charge >= 0.3 is 0 Å². The van der Waals surface area contributed by atoms with E-state index in [1.165, 1.54) is 6.07 Å². The molecule has 0 N–H and O–H groups in total. The van der Waals surface area contributed by atoms with Crippen molar-refractivity contribution in [2.24, 2.45) is 0 Å². The van der Waals surface area contributed by atoms with Crippen LogP contribution in [0.25, 0.3) is 10.8 Å². The highest BCUT2D eigenvalue weighted by molar-refractivity contribution is 9.10. The summed E-state index contributed by atoms with van der Waals surface area (Å²) < 4.78 is 14.9. The van der Waals surface area contributed by atoms with Gasteiger partial charge in [0.25, 0.3) is 0 Å². The highest BCUT2D eigenvalue weighted by atomic mass is 79.9. The van der Waals surface area contributed by atoms with E-state index in [2.05, 4.69) is 15.9 Å². The number of rotatable bonds is 2. The molecule has 21 heavy (non-hydrogen) atoms. The zero-order valence-corrected chi connectivity index (χ0v) is 12.9. The third-order valence-electron chi connectivity index (χ3n) is 3.48. The fourth-order valence-electron chi connectivity index (χ4n) is 2.42. The lowest BCUT2D eigenvalue weighted by Gasteiger charge is -2.09. The average molecular weight is 343 g/mol. The minimum Gasteiger partial charge on any atom is -0.288 e. The van der Waals surface area contributed by atoms with Crippen LogP contribution in [0.1, 0.15) is 21.5 Å². The number of carbonyl (C=O) groups excluding carboxylic acids is 1. The van der Waals surface area contributed by atoms with E-state index >= 15 is 0 Å². The molecule has 0 atom stereocenters. The summed E-state index contributed by atoms with van der Waals surface area (Å²) in [7, 11) is 0. The maximum atomic E-state index is 14.0. The summed E-state index contributed by atoms with van der Waals surface area (Å²) in [5.74, 6) is -0.780. The standard InChI is InChI=1S/C18H12BrFO/c1-11-6-9-17(20)15(10-11)18(21)14-7-8-16(19)13-5-3-2-4-12(13)14/h2-10H,1H3. The maximum absolute atomic E-state index is 14.0. The Morgan fingerprint density at radius 3 is 2.43 bits per heavy atom. The normalized spacial score (nSPS) is 10.8. The molecule has 0 aliphatic carbocycles. The van der Waals surface area contributed by atoms with Gasteiger partial charge in [-0.2, -0.15) is 0 Å². The quantitative estimate of drug-likeness (QED) is 0.579. The molecular weight excluding hydrogens is 331 g/mol. The molecular formula is C18H12BrFO. The van der Waals surface area contributed by atoms with Crippen molar-refractivity contribution in [2.45, 2.75) is 6.92 Å². The van der Waals surface area contributed by atoms with Crippen LogP contribution in [0.2, 0.25) is 0 Å². The average Bonchev–Trinajstić information content (AvgIpc) is 2.50. The summed E-state index contributed by atoms with van der Waals surface area (Å²) in [6, 6.07) is 15.7. The van der Waals surface area contributed by atoms with Crippen molar-refractivity contribution in [3.8, 4) is 0 Å². The van der Waals surface area contributed by atoms with Gasteiger partial charge in [-0.05, 0) is 42.0 Å². The molecule has 0 amide bonds. The van der Waals surface area contributed by atoms with Crippen LogP contribution in [-0.4, -0.2) is 5.78 Å². The number of benzene rings is 3. The van der Waals surface area contributed by atoms with Gasteiger partial charge in [0.2, 0.25) is 0 Å². The lowest BCUT2D eigenvalue weighted by atomic mass is 9.96. The molecule has 3 aromatic rings. The minimum absolute atomic E-state index is 0.113. The Balaban J connectivity index is 2.23. The van der Waals surface area contributed by atoms with Gasteiger partial charge in [-0.25, -0.2) is 4.39 Å². The fraction of sp³-hybridized carbons (Fsp3) is 0.0556. The molecule has 104 valence electrons. The summed E-state index contributed by atoms with van der Waals surface area (Å²) in [6.45, 7) is 1.84. The van der Waals surface area contributed by atoms with Crippen LogP contribution in [-0.2, 0) is 0 Å². The molecule has 0 aliphatic rings. The zero-order chi connectivity index (χ0) is 15.0. The first-order valence-corrected chi connectivity index (χ1v) is 7.35. The Morgan fingerprint density at radius 1 is 0.952 bits per heavy atom. The van der Waals surface area contributed by atoms with Crippen LogP contribution in [0.4, 0.5) is 4.39 Å². The smallest absolute Gasteiger partial charge is 0.196 e. The van der Waals surface area contributed by atoms with Crippen LogP contribution in [0.3, 0.4) is 0 Å². The monoisotopic (exact) mass is 342 g/mol. The van der Waals surface area contributed by atoms with E-state index in [9.17, 15) is 9.18 Å². The largest absolute Gasteiger partial charge is 0.288 e. The van der Waals surface area contributed by atoms with E-state index in [1.807, 2.05) is 37.3 Å². The topological polar surface area (TPSA) is 17.1 Å². The first-order chi connectivity index (χ1) is 10.1. The van der Waals surface area contributed by atoms with Gasteiger partial charge in [-0.1, -0.05) is 51.8 Å². The van der Waals surface area contributed by atoms with E-state index in [0.29, 0.717) is 5.56 Å². The van der Waals surface area contributed by atoms with E-state index in [4.69, 9.17) is 0 Å². The van der Waals surface area contributed by atoms with Crippen LogP contribution in [0.15, 0.2) is 59.1 Å². The summed E-state index contributed by atoms with van der Waals surface area (Å²) in [6.07, 6.45) is 0. The van der Waals surface area contributed by atoms with Gasteiger partial charge in [-0.3, -0.25) is 4.79 Å². The molecule has 0 unspecified atom stereocenters. The third-order valence-corrected chi connectivity index (χ3v) is 4.17. The van der Waals surface area contributed by atoms with Gasteiger partial charge in [0, 0.05) is 10.0 Å². The second kappa shape index (κ2) is 5.41. The molecule has 0 saturated heterocycles. The van der Waals surface area contributed by atoms with Gasteiger partial charge in [-0.15, -0.1) is 0 Å². The SMILES string of the molecule is Cc1ccc(F)c(C(=O)c2ccc(Br)c3ccccc23)c1. The van der Waals surface area contributed by atoms with Crippen molar-refractivity contribution in [1.29, 1.82) is 0 Å². The van der Waals surface area contributed by atoms with Gasteiger partial charge in [0.15, 0.2) is 5.78 Å². The Bertz CT molecular complexity index is 855. The molecule has 0 spiro atoms. The lowest BCUT2D eigenvalue weighted by molar-refractivity contribution is 0.103. The van der Waals surface area contributed by atoms with Gasteiger partial charge < -0.3 is 0 Å². The van der Waals surface area contributed by atoms with Crippen LogP contribution in [0, 0.1) is 12.7 Å². The number of fused-ring (bicyclic) bond motifs is 1. The number of aryl methyl sites for hydroxylation is 1. The first kappa shape index (κ1) is 14.0. The molecule has 0 fully saturated rings. The van der Waals surface area contributed by atoms with Gasteiger partial charge in [0.05, 0.1) is 5.56 Å². The Hall–Kier alpha value is -2.00. The van der Waals surface area contributed by atoms with Crippen LogP contribution >= 0.6 is 15.9 Å². The van der Waals surface area contributed by atoms with E-state index < -0.39 is 5.82 Å². The highest BCUT2D eigenvalue weighted by Crippen LogP contribution is 2.28. The van der Waals surface area contributed by atoms with Crippen molar-refractivity contribution in [3.05, 3.63) is 81.6 Å². The maximum Gasteiger partial charge on any atom is 0.196 e. The fourth-order valence-corrected chi connectivity index (χ4v) is 2.90. The van der Waals surface area contributed by atoms with Crippen molar-refractivity contribution >= 4 is 32.5 Å². The molecule has 0 radical (unpaired) electrons. The zero-order valence-electron chi connectivity index (χ0n) is 11.4. The summed E-state index contributed by atoms with van der Waals surface area (Å²) >= 11 is 3.48. The van der Waals surface area contributed by atoms with E-state index in [-0.39, 0.29) is 11.3 Å². The molecule has 0 bridgehead atoms. The van der Waals surface area contributed by atoms with Crippen molar-refractivity contribution < 1.29 is 9.18 Å². The second-order valence-corrected chi connectivity index (χ2v) is 5.81. The Kier molecular flexibility index (Phi) is 3.60. The molecule has 0 saturated carbocycles. The molecule has 3 heteroatoms. The van der Waals surface area contributed by atoms with Crippen molar-refractivity contribution in [2.75, 3.05) is 0 Å². The van der Waals surface area contributed by atoms with Gasteiger partial charge in [0.1, 0.15) is 5.82 Å². The molecule has 0 heterocycles. The highest BCUT2D eigenvalue weighted by Gasteiger charge is 2.17. The summed E-state index contributed by atoms with van der Waals surface area (Å²) in [4.78, 5) is 12.7. The van der Waals surface area contributed by atoms with Crippen molar-refractivity contribution in [3.63, 3.8) is 0 Å². The third kappa shape index (κ3) is 2.49. The van der Waals surface area contributed by atoms with Crippen LogP contribution in [0.5, 0.6) is 0 Å². The Morgan fingerprint density at radius 2 is 1.67 bits per heavy atom. The number of hydrogen-bond acceptors (Lipinski definition) is 1. The Labute approximate surface area is 130 Å². The van der Waals surface area contributed by atoms with E-state index in [0.717, 1.165) is 20.8 Å². The molecule has 3 aromatic carbocycles.